The summed E-state index contributed by atoms with van der Waals surface area (Å²) in [5.74, 6) is 1.50. The third kappa shape index (κ3) is 11.4. The zero-order valence-corrected chi connectivity index (χ0v) is 13.9. The van der Waals surface area contributed by atoms with Gasteiger partial charge in [-0.3, -0.25) is 4.90 Å². The second kappa shape index (κ2) is 11.7. The summed E-state index contributed by atoms with van der Waals surface area (Å²) in [5, 5.41) is 0. The van der Waals surface area contributed by atoms with Gasteiger partial charge in [-0.1, -0.05) is 27.7 Å². The van der Waals surface area contributed by atoms with Gasteiger partial charge in [-0.05, 0) is 51.6 Å². The molecule has 0 aromatic heterocycles. The summed E-state index contributed by atoms with van der Waals surface area (Å²) in [7, 11) is 0. The predicted octanol–water partition coefficient (Wildman–Crippen LogP) is 3.78. The van der Waals surface area contributed by atoms with Gasteiger partial charge in [-0.15, -0.1) is 0 Å². The molecule has 19 heavy (non-hydrogen) atoms. The summed E-state index contributed by atoms with van der Waals surface area (Å²) in [6, 6.07) is 0. The number of rotatable bonds is 12. The van der Waals surface area contributed by atoms with Gasteiger partial charge < -0.3 is 9.47 Å². The fourth-order valence-corrected chi connectivity index (χ4v) is 1.91. The number of ether oxygens (including phenoxy) is 2. The molecule has 0 rings (SSSR count). The molecule has 0 aromatic rings. The summed E-state index contributed by atoms with van der Waals surface area (Å²) < 4.78 is 11.3. The molecule has 0 amide bonds. The first kappa shape index (κ1) is 18.9. The molecular formula is C16H35NO2. The maximum Gasteiger partial charge on any atom is 0.170 e. The van der Waals surface area contributed by atoms with Crippen molar-refractivity contribution < 1.29 is 9.47 Å². The summed E-state index contributed by atoms with van der Waals surface area (Å²) in [4.78, 5) is 2.50. The zero-order valence-electron chi connectivity index (χ0n) is 13.9. The summed E-state index contributed by atoms with van der Waals surface area (Å²) in [6.07, 6.45) is 2.40. The maximum absolute atomic E-state index is 5.66. The highest BCUT2D eigenvalue weighted by molar-refractivity contribution is 4.63. The van der Waals surface area contributed by atoms with E-state index in [4.69, 9.17) is 9.47 Å². The number of nitrogens with zero attached hydrogens (tertiary/aromatic N) is 1. The Balaban J connectivity index is 4.25. The van der Waals surface area contributed by atoms with Gasteiger partial charge in [0.2, 0.25) is 0 Å². The molecule has 0 atom stereocenters. The molecule has 0 saturated carbocycles. The molecule has 0 heterocycles. The quantitative estimate of drug-likeness (QED) is 0.505. The van der Waals surface area contributed by atoms with Crippen molar-refractivity contribution in [3.8, 4) is 0 Å². The molecule has 0 saturated heterocycles. The van der Waals surface area contributed by atoms with Crippen molar-refractivity contribution in [3.63, 3.8) is 0 Å². The zero-order chi connectivity index (χ0) is 14.7. The van der Waals surface area contributed by atoms with Crippen molar-refractivity contribution in [1.29, 1.82) is 0 Å². The van der Waals surface area contributed by atoms with Gasteiger partial charge in [-0.25, -0.2) is 0 Å². The molecule has 0 radical (unpaired) electrons. The van der Waals surface area contributed by atoms with Crippen molar-refractivity contribution in [1.82, 2.24) is 4.90 Å². The largest absolute Gasteiger partial charge is 0.352 e. The van der Waals surface area contributed by atoms with E-state index in [1.807, 2.05) is 13.8 Å². The van der Waals surface area contributed by atoms with Gasteiger partial charge in [0.15, 0.2) is 6.29 Å². The molecule has 3 nitrogen and oxygen atoms in total. The van der Waals surface area contributed by atoms with E-state index >= 15 is 0 Å². The first-order chi connectivity index (χ1) is 8.99. The minimum Gasteiger partial charge on any atom is -0.352 e. The van der Waals surface area contributed by atoms with Gasteiger partial charge in [-0.2, -0.15) is 0 Å². The molecule has 0 aromatic carbocycles. The highest BCUT2D eigenvalue weighted by Crippen LogP contribution is 2.09. The van der Waals surface area contributed by atoms with Crippen LogP contribution in [0.4, 0.5) is 0 Å². The second-order valence-electron chi connectivity index (χ2n) is 6.01. The van der Waals surface area contributed by atoms with Crippen molar-refractivity contribution >= 4 is 0 Å². The average Bonchev–Trinajstić information content (AvgIpc) is 2.32. The van der Waals surface area contributed by atoms with Crippen LogP contribution < -0.4 is 0 Å². The highest BCUT2D eigenvalue weighted by atomic mass is 16.7. The lowest BCUT2D eigenvalue weighted by Gasteiger charge is -2.28. The van der Waals surface area contributed by atoms with E-state index in [2.05, 4.69) is 32.6 Å². The molecule has 0 aliphatic rings. The SMILES string of the molecule is CCOC(CN(CCC(C)C)CCC(C)C)OCC. The van der Waals surface area contributed by atoms with Crippen molar-refractivity contribution in [2.24, 2.45) is 11.8 Å². The van der Waals surface area contributed by atoms with Crippen LogP contribution in [0.1, 0.15) is 54.4 Å². The predicted molar refractivity (Wildman–Crippen MR) is 82.4 cm³/mol. The van der Waals surface area contributed by atoms with Gasteiger partial charge >= 0.3 is 0 Å². The van der Waals surface area contributed by atoms with Gasteiger partial charge in [0.05, 0.1) is 0 Å². The summed E-state index contributed by atoms with van der Waals surface area (Å²) >= 11 is 0. The molecule has 0 unspecified atom stereocenters. The van der Waals surface area contributed by atoms with E-state index in [9.17, 15) is 0 Å². The van der Waals surface area contributed by atoms with E-state index in [-0.39, 0.29) is 6.29 Å². The third-order valence-corrected chi connectivity index (χ3v) is 3.16. The molecule has 0 bridgehead atoms. The van der Waals surface area contributed by atoms with E-state index < -0.39 is 0 Å². The topological polar surface area (TPSA) is 21.7 Å². The summed E-state index contributed by atoms with van der Waals surface area (Å²) in [5.41, 5.74) is 0. The number of hydrogen-bond donors (Lipinski definition) is 0. The lowest BCUT2D eigenvalue weighted by molar-refractivity contribution is -0.147. The summed E-state index contributed by atoms with van der Waals surface area (Å²) in [6.45, 7) is 17.8. The van der Waals surface area contributed by atoms with Crippen LogP contribution in [0.3, 0.4) is 0 Å². The lowest BCUT2D eigenvalue weighted by Crippen LogP contribution is -2.37. The van der Waals surface area contributed by atoms with Crippen LogP contribution in [0.2, 0.25) is 0 Å². The van der Waals surface area contributed by atoms with E-state index in [0.29, 0.717) is 13.2 Å². The van der Waals surface area contributed by atoms with Crippen LogP contribution in [0, 0.1) is 11.8 Å². The van der Waals surface area contributed by atoms with E-state index in [0.717, 1.165) is 31.5 Å². The van der Waals surface area contributed by atoms with Crippen LogP contribution >= 0.6 is 0 Å². The van der Waals surface area contributed by atoms with Crippen molar-refractivity contribution in [2.45, 2.75) is 60.7 Å². The van der Waals surface area contributed by atoms with Crippen LogP contribution in [-0.2, 0) is 9.47 Å². The minimum atomic E-state index is -0.0747. The Morgan fingerprint density at radius 1 is 0.789 bits per heavy atom. The van der Waals surface area contributed by atoms with Crippen molar-refractivity contribution in [3.05, 3.63) is 0 Å². The first-order valence-corrected chi connectivity index (χ1v) is 7.95. The van der Waals surface area contributed by atoms with Crippen LogP contribution in [0.25, 0.3) is 0 Å². The van der Waals surface area contributed by atoms with Crippen LogP contribution in [-0.4, -0.2) is 44.0 Å². The Labute approximate surface area is 120 Å². The Morgan fingerprint density at radius 2 is 1.21 bits per heavy atom. The Kier molecular flexibility index (Phi) is 11.6. The average molecular weight is 273 g/mol. The molecule has 0 N–H and O–H groups in total. The smallest absolute Gasteiger partial charge is 0.170 e. The molecule has 0 spiro atoms. The van der Waals surface area contributed by atoms with Crippen molar-refractivity contribution in [2.75, 3.05) is 32.8 Å². The molecule has 116 valence electrons. The number of hydrogen-bond acceptors (Lipinski definition) is 3. The maximum atomic E-state index is 5.66. The van der Waals surface area contributed by atoms with E-state index in [1.54, 1.807) is 0 Å². The second-order valence-corrected chi connectivity index (χ2v) is 6.01. The third-order valence-electron chi connectivity index (χ3n) is 3.16. The highest BCUT2D eigenvalue weighted by Gasteiger charge is 2.15. The standard InChI is InChI=1S/C16H35NO2/c1-7-18-16(19-8-2)13-17(11-9-14(3)4)12-10-15(5)6/h14-16H,7-13H2,1-6H3. The minimum absolute atomic E-state index is 0.0747. The normalized spacial score (nSPS) is 12.3. The fraction of sp³-hybridized carbons (Fsp3) is 1.00. The van der Waals surface area contributed by atoms with Gasteiger partial charge in [0, 0.05) is 19.8 Å². The molecule has 0 fully saturated rings. The van der Waals surface area contributed by atoms with Gasteiger partial charge in [0.25, 0.3) is 0 Å². The van der Waals surface area contributed by atoms with Gasteiger partial charge in [0.1, 0.15) is 0 Å². The first-order valence-electron chi connectivity index (χ1n) is 7.95. The molecule has 0 aliphatic carbocycles. The van der Waals surface area contributed by atoms with Crippen LogP contribution in [0.5, 0.6) is 0 Å². The monoisotopic (exact) mass is 273 g/mol. The molecule has 0 aliphatic heterocycles. The lowest BCUT2D eigenvalue weighted by atomic mass is 10.1. The van der Waals surface area contributed by atoms with Crippen LogP contribution in [0.15, 0.2) is 0 Å². The Bertz CT molecular complexity index is 177. The Morgan fingerprint density at radius 3 is 1.53 bits per heavy atom. The molecule has 3 heteroatoms. The fourth-order valence-electron chi connectivity index (χ4n) is 1.91. The molecular weight excluding hydrogens is 238 g/mol. The van der Waals surface area contributed by atoms with E-state index in [1.165, 1.54) is 12.8 Å². The Hall–Kier alpha value is -0.120.